The number of halogens is 1. The van der Waals surface area contributed by atoms with Crippen LogP contribution in [0, 0.1) is 6.92 Å². The lowest BCUT2D eigenvalue weighted by Crippen LogP contribution is -2.44. The molecular weight excluding hydrogens is 320 g/mol. The van der Waals surface area contributed by atoms with Crippen molar-refractivity contribution >= 4 is 34.7 Å². The van der Waals surface area contributed by atoms with E-state index in [1.54, 1.807) is 6.20 Å². The van der Waals surface area contributed by atoms with Gasteiger partial charge in [0.2, 0.25) is 0 Å². The summed E-state index contributed by atoms with van der Waals surface area (Å²) in [5.41, 5.74) is 0. The fourth-order valence-electron chi connectivity index (χ4n) is 2.59. The first kappa shape index (κ1) is 15.2. The molecule has 7 heteroatoms. The van der Waals surface area contributed by atoms with Crippen LogP contribution < -0.4 is 10.2 Å². The Morgan fingerprint density at radius 3 is 2.82 bits per heavy atom. The Bertz CT molecular complexity index is 667. The van der Waals surface area contributed by atoms with Gasteiger partial charge in [-0.25, -0.2) is 9.97 Å². The minimum absolute atomic E-state index is 0.0246. The van der Waals surface area contributed by atoms with Crippen molar-refractivity contribution in [2.75, 3.05) is 18.0 Å². The van der Waals surface area contributed by atoms with Crippen LogP contribution in [0.5, 0.6) is 0 Å². The number of aryl methyl sites for hydroxylation is 1. The molecule has 0 bridgehead atoms. The van der Waals surface area contributed by atoms with E-state index in [1.165, 1.54) is 17.7 Å². The Balaban J connectivity index is 1.56. The first-order chi connectivity index (χ1) is 10.6. The van der Waals surface area contributed by atoms with Crippen molar-refractivity contribution in [1.82, 2.24) is 15.3 Å². The molecule has 0 aromatic carbocycles. The number of carbonyl (C=O) groups excluding carboxylic acids is 1. The molecule has 0 aliphatic carbocycles. The zero-order chi connectivity index (χ0) is 15.5. The molecule has 0 spiro atoms. The molecule has 0 saturated carbocycles. The van der Waals surface area contributed by atoms with Crippen LogP contribution in [0.15, 0.2) is 24.7 Å². The molecule has 5 nitrogen and oxygen atoms in total. The number of hydrogen-bond acceptors (Lipinski definition) is 5. The Hall–Kier alpha value is -1.66. The third-order valence-corrected chi connectivity index (χ3v) is 5.01. The van der Waals surface area contributed by atoms with Crippen molar-refractivity contribution in [3.63, 3.8) is 0 Å². The van der Waals surface area contributed by atoms with Crippen LogP contribution in [0.25, 0.3) is 0 Å². The molecule has 22 heavy (non-hydrogen) atoms. The second-order valence-corrected chi connectivity index (χ2v) is 7.03. The van der Waals surface area contributed by atoms with Crippen molar-refractivity contribution in [2.24, 2.45) is 0 Å². The maximum atomic E-state index is 12.2. The molecule has 116 valence electrons. The van der Waals surface area contributed by atoms with Gasteiger partial charge in [0.15, 0.2) is 5.82 Å². The van der Waals surface area contributed by atoms with Crippen LogP contribution >= 0.6 is 22.9 Å². The van der Waals surface area contributed by atoms with Gasteiger partial charge in [0.25, 0.3) is 5.91 Å². The number of nitrogens with zero attached hydrogens (tertiary/aromatic N) is 3. The lowest BCUT2D eigenvalue weighted by molar-refractivity contribution is 0.0935. The highest BCUT2D eigenvalue weighted by Gasteiger charge is 2.23. The highest BCUT2D eigenvalue weighted by atomic mass is 35.5. The molecule has 1 N–H and O–H groups in total. The van der Waals surface area contributed by atoms with Gasteiger partial charge in [0, 0.05) is 24.0 Å². The van der Waals surface area contributed by atoms with Gasteiger partial charge in [-0.3, -0.25) is 4.79 Å². The van der Waals surface area contributed by atoms with Gasteiger partial charge in [-0.1, -0.05) is 11.6 Å². The van der Waals surface area contributed by atoms with Crippen molar-refractivity contribution in [3.8, 4) is 0 Å². The van der Waals surface area contributed by atoms with E-state index in [0.29, 0.717) is 5.02 Å². The first-order valence-electron chi connectivity index (χ1n) is 7.21. The number of aromatic nitrogens is 2. The van der Waals surface area contributed by atoms with Crippen molar-refractivity contribution in [2.45, 2.75) is 25.8 Å². The SMILES string of the molecule is Cc1ccc(C(=O)NC2CCN(c3ncncc3Cl)CC2)s1. The average molecular weight is 337 g/mol. The third-order valence-electron chi connectivity index (χ3n) is 3.74. The molecule has 1 aliphatic rings. The van der Waals surface area contributed by atoms with E-state index >= 15 is 0 Å². The first-order valence-corrected chi connectivity index (χ1v) is 8.40. The number of carbonyl (C=O) groups is 1. The molecular formula is C15H17ClN4OS. The average Bonchev–Trinajstić information content (AvgIpc) is 2.95. The van der Waals surface area contributed by atoms with Crippen molar-refractivity contribution in [1.29, 1.82) is 0 Å². The topological polar surface area (TPSA) is 58.1 Å². The van der Waals surface area contributed by atoms with Crippen LogP contribution in [0.2, 0.25) is 5.02 Å². The maximum absolute atomic E-state index is 12.2. The van der Waals surface area contributed by atoms with Gasteiger partial charge in [-0.2, -0.15) is 0 Å². The minimum atomic E-state index is 0.0246. The number of piperidine rings is 1. The molecule has 1 amide bonds. The van der Waals surface area contributed by atoms with E-state index in [1.807, 2.05) is 19.1 Å². The standard InChI is InChI=1S/C15H17ClN4OS/c1-10-2-3-13(22-10)15(21)19-11-4-6-20(7-5-11)14-12(16)8-17-9-18-14/h2-3,8-9,11H,4-7H2,1H3,(H,19,21). The van der Waals surface area contributed by atoms with E-state index in [2.05, 4.69) is 20.2 Å². The van der Waals surface area contributed by atoms with Gasteiger partial charge >= 0.3 is 0 Å². The predicted octanol–water partition coefficient (Wildman–Crippen LogP) is 2.90. The molecule has 1 fully saturated rings. The summed E-state index contributed by atoms with van der Waals surface area (Å²) in [5, 5.41) is 3.68. The normalized spacial score (nSPS) is 15.8. The zero-order valence-electron chi connectivity index (χ0n) is 12.3. The van der Waals surface area contributed by atoms with E-state index in [-0.39, 0.29) is 11.9 Å². The number of thiophene rings is 1. The summed E-state index contributed by atoms with van der Waals surface area (Å²) in [5.74, 6) is 0.798. The fraction of sp³-hybridized carbons (Fsp3) is 0.400. The van der Waals surface area contributed by atoms with E-state index in [9.17, 15) is 4.79 Å². The number of nitrogens with one attached hydrogen (secondary N) is 1. The molecule has 0 radical (unpaired) electrons. The van der Waals surface area contributed by atoms with E-state index < -0.39 is 0 Å². The summed E-state index contributed by atoms with van der Waals surface area (Å²) in [6.45, 7) is 3.65. The van der Waals surface area contributed by atoms with Crippen LogP contribution in [0.1, 0.15) is 27.4 Å². The minimum Gasteiger partial charge on any atom is -0.355 e. The summed E-state index contributed by atoms with van der Waals surface area (Å²) in [6, 6.07) is 4.05. The fourth-order valence-corrected chi connectivity index (χ4v) is 3.58. The van der Waals surface area contributed by atoms with Crippen molar-refractivity contribution < 1.29 is 4.79 Å². The molecule has 3 rings (SSSR count). The molecule has 2 aromatic rings. The van der Waals surface area contributed by atoms with Crippen LogP contribution in [-0.4, -0.2) is 35.0 Å². The highest BCUT2D eigenvalue weighted by Crippen LogP contribution is 2.25. The number of rotatable bonds is 3. The largest absolute Gasteiger partial charge is 0.355 e. The van der Waals surface area contributed by atoms with E-state index in [4.69, 9.17) is 11.6 Å². The van der Waals surface area contributed by atoms with Gasteiger partial charge in [-0.15, -0.1) is 11.3 Å². The van der Waals surface area contributed by atoms with Crippen LogP contribution in [0.3, 0.4) is 0 Å². The maximum Gasteiger partial charge on any atom is 0.261 e. The molecule has 0 atom stereocenters. The third kappa shape index (κ3) is 3.39. The van der Waals surface area contributed by atoms with E-state index in [0.717, 1.165) is 41.5 Å². The molecule has 0 unspecified atom stereocenters. The Morgan fingerprint density at radius 1 is 1.41 bits per heavy atom. The molecule has 2 aromatic heterocycles. The lowest BCUT2D eigenvalue weighted by atomic mass is 10.0. The summed E-state index contributed by atoms with van der Waals surface area (Å²) >= 11 is 7.65. The smallest absolute Gasteiger partial charge is 0.261 e. The second-order valence-electron chi connectivity index (χ2n) is 5.34. The second kappa shape index (κ2) is 6.62. The summed E-state index contributed by atoms with van der Waals surface area (Å²) in [7, 11) is 0. The van der Waals surface area contributed by atoms with Gasteiger partial charge in [0.05, 0.1) is 11.1 Å². The predicted molar refractivity (Wildman–Crippen MR) is 88.8 cm³/mol. The molecule has 1 aliphatic heterocycles. The quantitative estimate of drug-likeness (QED) is 0.936. The summed E-state index contributed by atoms with van der Waals surface area (Å²) in [6.07, 6.45) is 4.89. The Morgan fingerprint density at radius 2 is 2.18 bits per heavy atom. The van der Waals surface area contributed by atoms with Crippen LogP contribution in [0.4, 0.5) is 5.82 Å². The zero-order valence-corrected chi connectivity index (χ0v) is 13.8. The number of hydrogen-bond donors (Lipinski definition) is 1. The highest BCUT2D eigenvalue weighted by molar-refractivity contribution is 7.13. The van der Waals surface area contributed by atoms with Crippen LogP contribution in [-0.2, 0) is 0 Å². The number of anilines is 1. The Labute approximate surface area is 138 Å². The molecule has 1 saturated heterocycles. The monoisotopic (exact) mass is 336 g/mol. The summed E-state index contributed by atoms with van der Waals surface area (Å²) < 4.78 is 0. The number of amides is 1. The van der Waals surface area contributed by atoms with Gasteiger partial charge in [0.1, 0.15) is 11.3 Å². The summed E-state index contributed by atoms with van der Waals surface area (Å²) in [4.78, 5) is 24.4. The van der Waals surface area contributed by atoms with Crippen molar-refractivity contribution in [3.05, 3.63) is 39.4 Å². The van der Waals surface area contributed by atoms with Gasteiger partial charge < -0.3 is 10.2 Å². The Kier molecular flexibility index (Phi) is 4.59. The molecule has 3 heterocycles. The van der Waals surface area contributed by atoms with Gasteiger partial charge in [-0.05, 0) is 31.9 Å². The lowest BCUT2D eigenvalue weighted by Gasteiger charge is -2.33.